The first-order valence-electron chi connectivity index (χ1n) is 6.09. The largest absolute Gasteiger partial charge is 0.303 e. The Morgan fingerprint density at radius 1 is 1.31 bits per heavy atom. The number of benzene rings is 1. The molecule has 0 aromatic heterocycles. The molecule has 2 rings (SSSR count). The summed E-state index contributed by atoms with van der Waals surface area (Å²) in [4.78, 5) is 11.3. The van der Waals surface area contributed by atoms with Crippen LogP contribution in [0.5, 0.6) is 0 Å². The van der Waals surface area contributed by atoms with Crippen LogP contribution in [0.1, 0.15) is 43.2 Å². The highest BCUT2D eigenvalue weighted by Gasteiger charge is 2.24. The highest BCUT2D eigenvalue weighted by Crippen LogP contribution is 2.35. The first kappa shape index (κ1) is 11.1. The number of allylic oxidation sites excluding steroid dienone is 1. The van der Waals surface area contributed by atoms with Crippen molar-refractivity contribution in [2.75, 3.05) is 0 Å². The van der Waals surface area contributed by atoms with E-state index >= 15 is 0 Å². The fraction of sp³-hybridized carbons (Fsp3) is 0.400. The summed E-state index contributed by atoms with van der Waals surface area (Å²) in [5.41, 5.74) is 2.40. The molecule has 0 saturated heterocycles. The Bertz CT molecular complexity index is 392. The molecule has 0 N–H and O–H groups in total. The van der Waals surface area contributed by atoms with Crippen LogP contribution in [0.4, 0.5) is 0 Å². The van der Waals surface area contributed by atoms with Crippen molar-refractivity contribution in [1.29, 1.82) is 0 Å². The van der Waals surface area contributed by atoms with Gasteiger partial charge in [0.2, 0.25) is 0 Å². The van der Waals surface area contributed by atoms with E-state index in [4.69, 9.17) is 0 Å². The summed E-state index contributed by atoms with van der Waals surface area (Å²) >= 11 is 0. The van der Waals surface area contributed by atoms with Crippen LogP contribution in [0, 0.1) is 5.92 Å². The highest BCUT2D eigenvalue weighted by molar-refractivity contribution is 5.71. The maximum Gasteiger partial charge on any atom is 0.128 e. The molecule has 16 heavy (non-hydrogen) atoms. The highest BCUT2D eigenvalue weighted by atomic mass is 16.1. The minimum absolute atomic E-state index is 0.0627. The van der Waals surface area contributed by atoms with E-state index in [1.54, 1.807) is 0 Å². The second-order valence-electron chi connectivity index (χ2n) is 4.46. The fourth-order valence-electron chi connectivity index (χ4n) is 2.43. The van der Waals surface area contributed by atoms with Gasteiger partial charge >= 0.3 is 0 Å². The van der Waals surface area contributed by atoms with Crippen molar-refractivity contribution in [3.8, 4) is 0 Å². The van der Waals surface area contributed by atoms with Crippen LogP contribution < -0.4 is 0 Å². The summed E-state index contributed by atoms with van der Waals surface area (Å²) in [5, 5.41) is 0. The molecule has 1 aliphatic rings. The minimum Gasteiger partial charge on any atom is -0.303 e. The predicted molar refractivity (Wildman–Crippen MR) is 67.3 cm³/mol. The van der Waals surface area contributed by atoms with Gasteiger partial charge in [-0.25, -0.2) is 0 Å². The van der Waals surface area contributed by atoms with Crippen LogP contribution in [-0.4, -0.2) is 6.29 Å². The molecule has 0 spiro atoms. The Hall–Kier alpha value is -1.37. The smallest absolute Gasteiger partial charge is 0.128 e. The summed E-state index contributed by atoms with van der Waals surface area (Å²) in [6, 6.07) is 8.21. The maximum absolute atomic E-state index is 11.3. The first-order chi connectivity index (χ1) is 7.86. The lowest BCUT2D eigenvalue weighted by Gasteiger charge is -2.25. The van der Waals surface area contributed by atoms with Gasteiger partial charge in [-0.05, 0) is 23.5 Å². The number of aldehydes is 1. The molecule has 0 amide bonds. The van der Waals surface area contributed by atoms with Gasteiger partial charge in [-0.3, -0.25) is 0 Å². The molecule has 0 bridgehead atoms. The van der Waals surface area contributed by atoms with Crippen molar-refractivity contribution < 1.29 is 4.79 Å². The van der Waals surface area contributed by atoms with Crippen LogP contribution in [0.15, 0.2) is 30.3 Å². The number of hydrogen-bond acceptors (Lipinski definition) is 1. The summed E-state index contributed by atoms with van der Waals surface area (Å²) in [6.45, 7) is 2.19. The number of hydrogen-bond donors (Lipinski definition) is 0. The van der Waals surface area contributed by atoms with Gasteiger partial charge in [-0.15, -0.1) is 0 Å². The summed E-state index contributed by atoms with van der Waals surface area (Å²) < 4.78 is 0. The van der Waals surface area contributed by atoms with E-state index in [1.807, 2.05) is 12.1 Å². The Balaban J connectivity index is 2.25. The van der Waals surface area contributed by atoms with Crippen LogP contribution in [0.3, 0.4) is 0 Å². The molecular weight excluding hydrogens is 196 g/mol. The Labute approximate surface area is 97.2 Å². The Morgan fingerprint density at radius 3 is 2.88 bits per heavy atom. The summed E-state index contributed by atoms with van der Waals surface area (Å²) in [5.74, 6) is 0.458. The standard InChI is InChI=1S/C15H18O/c1-2-3-6-13-10-9-12-7-4-5-8-14(12)15(13)11-16/h4-5,7-11,13,15H,2-3,6H2,1H3/t13-,15+/m1/s1. The molecule has 0 saturated carbocycles. The van der Waals surface area contributed by atoms with Gasteiger partial charge < -0.3 is 4.79 Å². The van der Waals surface area contributed by atoms with Crippen LogP contribution in [0.25, 0.3) is 6.08 Å². The summed E-state index contributed by atoms with van der Waals surface area (Å²) in [6.07, 6.45) is 8.99. The van der Waals surface area contributed by atoms with Gasteiger partial charge in [0.15, 0.2) is 0 Å². The van der Waals surface area contributed by atoms with E-state index in [1.165, 1.54) is 24.0 Å². The zero-order valence-electron chi connectivity index (χ0n) is 9.73. The number of carbonyl (C=O) groups excluding carboxylic acids is 1. The number of rotatable bonds is 4. The van der Waals surface area contributed by atoms with Gasteiger partial charge in [0.25, 0.3) is 0 Å². The minimum atomic E-state index is 0.0627. The molecular formula is C15H18O. The van der Waals surface area contributed by atoms with Crippen LogP contribution in [0.2, 0.25) is 0 Å². The molecule has 1 aliphatic carbocycles. The fourth-order valence-corrected chi connectivity index (χ4v) is 2.43. The lowest BCUT2D eigenvalue weighted by atomic mass is 9.78. The average molecular weight is 214 g/mol. The third-order valence-electron chi connectivity index (χ3n) is 3.38. The van der Waals surface area contributed by atoms with E-state index in [0.717, 1.165) is 12.7 Å². The number of unbranched alkanes of at least 4 members (excludes halogenated alkanes) is 1. The molecule has 0 fully saturated rings. The summed E-state index contributed by atoms with van der Waals surface area (Å²) in [7, 11) is 0. The molecule has 1 nitrogen and oxygen atoms in total. The molecule has 0 unspecified atom stereocenters. The van der Waals surface area contributed by atoms with Crippen molar-refractivity contribution in [1.82, 2.24) is 0 Å². The maximum atomic E-state index is 11.3. The van der Waals surface area contributed by atoms with Crippen molar-refractivity contribution in [3.63, 3.8) is 0 Å². The molecule has 84 valence electrons. The predicted octanol–water partition coefficient (Wildman–Crippen LogP) is 3.80. The van der Waals surface area contributed by atoms with E-state index in [2.05, 4.69) is 31.2 Å². The second kappa shape index (κ2) is 5.11. The van der Waals surface area contributed by atoms with Gasteiger partial charge in [-0.2, -0.15) is 0 Å². The van der Waals surface area contributed by atoms with Gasteiger partial charge in [0.05, 0.1) is 0 Å². The van der Waals surface area contributed by atoms with Crippen molar-refractivity contribution in [2.24, 2.45) is 5.92 Å². The van der Waals surface area contributed by atoms with Gasteiger partial charge in [-0.1, -0.05) is 56.2 Å². The number of fused-ring (bicyclic) bond motifs is 1. The molecule has 1 heteroatoms. The third-order valence-corrected chi connectivity index (χ3v) is 3.38. The van der Waals surface area contributed by atoms with E-state index in [9.17, 15) is 4.79 Å². The zero-order valence-corrected chi connectivity index (χ0v) is 9.73. The molecule has 1 aromatic rings. The van der Waals surface area contributed by atoms with E-state index in [-0.39, 0.29) is 5.92 Å². The zero-order chi connectivity index (χ0) is 11.4. The quantitative estimate of drug-likeness (QED) is 0.697. The van der Waals surface area contributed by atoms with E-state index < -0.39 is 0 Å². The van der Waals surface area contributed by atoms with E-state index in [0.29, 0.717) is 5.92 Å². The molecule has 0 radical (unpaired) electrons. The van der Waals surface area contributed by atoms with Crippen molar-refractivity contribution in [3.05, 3.63) is 41.5 Å². The van der Waals surface area contributed by atoms with Crippen LogP contribution >= 0.6 is 0 Å². The van der Waals surface area contributed by atoms with Gasteiger partial charge in [0.1, 0.15) is 6.29 Å². The Kier molecular flexibility index (Phi) is 3.55. The first-order valence-corrected chi connectivity index (χ1v) is 6.09. The second-order valence-corrected chi connectivity index (χ2v) is 4.46. The van der Waals surface area contributed by atoms with Crippen LogP contribution in [-0.2, 0) is 4.79 Å². The number of carbonyl (C=O) groups is 1. The molecule has 0 aliphatic heterocycles. The molecule has 0 heterocycles. The molecule has 1 aromatic carbocycles. The topological polar surface area (TPSA) is 17.1 Å². The lowest BCUT2D eigenvalue weighted by Crippen LogP contribution is -2.16. The monoisotopic (exact) mass is 214 g/mol. The SMILES string of the molecule is CCCC[C@@H]1C=Cc2ccccc2[C@H]1C=O. The van der Waals surface area contributed by atoms with Crippen molar-refractivity contribution in [2.45, 2.75) is 32.1 Å². The molecule has 2 atom stereocenters. The normalized spacial score (nSPS) is 22.8. The van der Waals surface area contributed by atoms with Crippen molar-refractivity contribution >= 4 is 12.4 Å². The lowest BCUT2D eigenvalue weighted by molar-refractivity contribution is -0.109. The average Bonchev–Trinajstić information content (AvgIpc) is 2.35. The third kappa shape index (κ3) is 2.08. The Morgan fingerprint density at radius 2 is 2.12 bits per heavy atom. The van der Waals surface area contributed by atoms with Gasteiger partial charge in [0, 0.05) is 5.92 Å².